The molecule has 2 rings (SSSR count). The molecule has 3 nitrogen and oxygen atoms in total. The van der Waals surface area contributed by atoms with Crippen molar-refractivity contribution in [2.75, 3.05) is 13.2 Å². The third-order valence-corrected chi connectivity index (χ3v) is 3.52. The highest BCUT2D eigenvalue weighted by Gasteiger charge is 2.22. The van der Waals surface area contributed by atoms with E-state index in [0.717, 1.165) is 29.9 Å². The lowest BCUT2D eigenvalue weighted by molar-refractivity contribution is 0.0258. The average molecular weight is 285 g/mol. The predicted molar refractivity (Wildman–Crippen MR) is 76.2 cm³/mol. The second kappa shape index (κ2) is 7.01. The largest absolute Gasteiger partial charge is 0.490 e. The molecule has 4 heteroatoms. The van der Waals surface area contributed by atoms with Crippen molar-refractivity contribution in [3.63, 3.8) is 0 Å². The van der Waals surface area contributed by atoms with Crippen LogP contribution in [-0.4, -0.2) is 25.4 Å². The fourth-order valence-electron chi connectivity index (χ4n) is 2.21. The lowest BCUT2D eigenvalue weighted by Crippen LogP contribution is -2.18. The van der Waals surface area contributed by atoms with Gasteiger partial charge in [0.05, 0.1) is 18.8 Å². The van der Waals surface area contributed by atoms with Crippen LogP contribution >= 0.6 is 11.6 Å². The molecule has 0 spiro atoms. The summed E-state index contributed by atoms with van der Waals surface area (Å²) in [5.41, 5.74) is 1.03. The van der Waals surface area contributed by atoms with Gasteiger partial charge in [0.15, 0.2) is 11.5 Å². The topological polar surface area (TPSA) is 27.7 Å². The van der Waals surface area contributed by atoms with Gasteiger partial charge < -0.3 is 14.2 Å². The Morgan fingerprint density at radius 1 is 1.26 bits per heavy atom. The number of benzene rings is 1. The van der Waals surface area contributed by atoms with Crippen LogP contribution in [0, 0.1) is 0 Å². The molecule has 1 aromatic rings. The zero-order valence-corrected chi connectivity index (χ0v) is 12.3. The SMILES string of the molecule is CCOc1cc(CCl)ccc1OCC1CCC(C)O1. The molecule has 1 heterocycles. The van der Waals surface area contributed by atoms with Crippen molar-refractivity contribution in [2.45, 2.75) is 44.8 Å². The molecule has 0 amide bonds. The Labute approximate surface area is 119 Å². The smallest absolute Gasteiger partial charge is 0.161 e. The summed E-state index contributed by atoms with van der Waals surface area (Å²) in [5, 5.41) is 0. The van der Waals surface area contributed by atoms with Crippen LogP contribution < -0.4 is 9.47 Å². The van der Waals surface area contributed by atoms with Gasteiger partial charge in [-0.2, -0.15) is 0 Å². The first kappa shape index (κ1) is 14.5. The predicted octanol–water partition coefficient (Wildman–Crippen LogP) is 3.77. The first-order chi connectivity index (χ1) is 9.22. The van der Waals surface area contributed by atoms with Crippen LogP contribution in [-0.2, 0) is 10.6 Å². The van der Waals surface area contributed by atoms with Crippen LogP contribution in [0.2, 0.25) is 0 Å². The first-order valence-corrected chi connectivity index (χ1v) is 7.36. The minimum atomic E-state index is 0.192. The van der Waals surface area contributed by atoms with E-state index < -0.39 is 0 Å². The van der Waals surface area contributed by atoms with Crippen molar-refractivity contribution in [3.8, 4) is 11.5 Å². The van der Waals surface area contributed by atoms with Gasteiger partial charge in [-0.25, -0.2) is 0 Å². The Morgan fingerprint density at radius 2 is 2.11 bits per heavy atom. The van der Waals surface area contributed by atoms with E-state index >= 15 is 0 Å². The van der Waals surface area contributed by atoms with Gasteiger partial charge in [-0.15, -0.1) is 11.6 Å². The number of rotatable bonds is 6. The van der Waals surface area contributed by atoms with Gasteiger partial charge in [-0.3, -0.25) is 0 Å². The molecule has 0 bridgehead atoms. The van der Waals surface area contributed by atoms with E-state index in [1.807, 2.05) is 25.1 Å². The first-order valence-electron chi connectivity index (χ1n) is 6.83. The van der Waals surface area contributed by atoms with Crippen molar-refractivity contribution >= 4 is 11.6 Å². The molecule has 1 aromatic carbocycles. The van der Waals surface area contributed by atoms with Gasteiger partial charge in [-0.05, 0) is 44.4 Å². The van der Waals surface area contributed by atoms with Crippen molar-refractivity contribution < 1.29 is 14.2 Å². The van der Waals surface area contributed by atoms with E-state index in [4.69, 9.17) is 25.8 Å². The van der Waals surface area contributed by atoms with Gasteiger partial charge in [0, 0.05) is 5.88 Å². The summed E-state index contributed by atoms with van der Waals surface area (Å²) in [6.07, 6.45) is 2.71. The third-order valence-electron chi connectivity index (χ3n) is 3.21. The van der Waals surface area contributed by atoms with Gasteiger partial charge in [0.25, 0.3) is 0 Å². The molecule has 19 heavy (non-hydrogen) atoms. The number of hydrogen-bond donors (Lipinski definition) is 0. The fraction of sp³-hybridized carbons (Fsp3) is 0.600. The average Bonchev–Trinajstić information content (AvgIpc) is 2.83. The number of alkyl halides is 1. The van der Waals surface area contributed by atoms with Crippen LogP contribution in [0.3, 0.4) is 0 Å². The van der Waals surface area contributed by atoms with Crippen molar-refractivity contribution in [2.24, 2.45) is 0 Å². The molecular formula is C15H21ClO3. The molecule has 1 saturated heterocycles. The van der Waals surface area contributed by atoms with Crippen LogP contribution in [0.5, 0.6) is 11.5 Å². The maximum Gasteiger partial charge on any atom is 0.161 e. The van der Waals surface area contributed by atoms with Gasteiger partial charge in [0.1, 0.15) is 6.61 Å². The number of halogens is 1. The molecule has 0 N–H and O–H groups in total. The molecule has 0 saturated carbocycles. The summed E-state index contributed by atoms with van der Waals surface area (Å²) in [6, 6.07) is 5.81. The Hall–Kier alpha value is -0.930. The van der Waals surface area contributed by atoms with E-state index in [2.05, 4.69) is 6.92 Å². The molecule has 0 aliphatic carbocycles. The Balaban J connectivity index is 1.98. The summed E-state index contributed by atoms with van der Waals surface area (Å²) in [4.78, 5) is 0. The summed E-state index contributed by atoms with van der Waals surface area (Å²) >= 11 is 5.83. The highest BCUT2D eigenvalue weighted by Crippen LogP contribution is 2.30. The Bertz CT molecular complexity index is 408. The van der Waals surface area contributed by atoms with Crippen molar-refractivity contribution in [1.29, 1.82) is 0 Å². The third kappa shape index (κ3) is 4.02. The van der Waals surface area contributed by atoms with Crippen LogP contribution in [0.1, 0.15) is 32.3 Å². The van der Waals surface area contributed by atoms with Crippen LogP contribution in [0.15, 0.2) is 18.2 Å². The maximum atomic E-state index is 5.83. The van der Waals surface area contributed by atoms with Gasteiger partial charge in [0.2, 0.25) is 0 Å². The summed E-state index contributed by atoms with van der Waals surface area (Å²) in [6.45, 7) is 5.24. The lowest BCUT2D eigenvalue weighted by Gasteiger charge is -2.16. The Morgan fingerprint density at radius 3 is 2.74 bits per heavy atom. The molecule has 2 unspecified atom stereocenters. The molecular weight excluding hydrogens is 264 g/mol. The standard InChI is InChI=1S/C15H21ClO3/c1-3-17-15-8-12(9-16)5-7-14(15)18-10-13-6-4-11(2)19-13/h5,7-8,11,13H,3-4,6,9-10H2,1-2H3. The zero-order chi connectivity index (χ0) is 13.7. The molecule has 0 aromatic heterocycles. The zero-order valence-electron chi connectivity index (χ0n) is 11.5. The van der Waals surface area contributed by atoms with Gasteiger partial charge in [-0.1, -0.05) is 6.07 Å². The highest BCUT2D eigenvalue weighted by atomic mass is 35.5. The van der Waals surface area contributed by atoms with Gasteiger partial charge >= 0.3 is 0 Å². The lowest BCUT2D eigenvalue weighted by atomic mass is 10.2. The second-order valence-corrected chi connectivity index (χ2v) is 5.07. The molecule has 106 valence electrons. The van der Waals surface area contributed by atoms with E-state index in [9.17, 15) is 0 Å². The normalized spacial score (nSPS) is 22.5. The quantitative estimate of drug-likeness (QED) is 0.744. The van der Waals surface area contributed by atoms with E-state index in [1.165, 1.54) is 0 Å². The molecule has 1 aliphatic heterocycles. The summed E-state index contributed by atoms with van der Waals surface area (Å²) in [7, 11) is 0. The minimum absolute atomic E-state index is 0.192. The van der Waals surface area contributed by atoms with E-state index in [-0.39, 0.29) is 6.10 Å². The van der Waals surface area contributed by atoms with E-state index in [0.29, 0.717) is 25.2 Å². The number of ether oxygens (including phenoxy) is 3. The Kier molecular flexibility index (Phi) is 5.34. The van der Waals surface area contributed by atoms with Crippen molar-refractivity contribution in [1.82, 2.24) is 0 Å². The molecule has 0 radical (unpaired) electrons. The monoisotopic (exact) mass is 284 g/mol. The summed E-state index contributed by atoms with van der Waals surface area (Å²) < 4.78 is 17.2. The fourth-order valence-corrected chi connectivity index (χ4v) is 2.38. The minimum Gasteiger partial charge on any atom is -0.490 e. The molecule has 2 atom stereocenters. The van der Waals surface area contributed by atoms with Crippen LogP contribution in [0.4, 0.5) is 0 Å². The van der Waals surface area contributed by atoms with E-state index in [1.54, 1.807) is 0 Å². The van der Waals surface area contributed by atoms with Crippen molar-refractivity contribution in [3.05, 3.63) is 23.8 Å². The molecule has 1 aliphatic rings. The summed E-state index contributed by atoms with van der Waals surface area (Å²) in [5.74, 6) is 1.99. The second-order valence-electron chi connectivity index (χ2n) is 4.80. The highest BCUT2D eigenvalue weighted by molar-refractivity contribution is 6.17. The van der Waals surface area contributed by atoms with Crippen LogP contribution in [0.25, 0.3) is 0 Å². The number of hydrogen-bond acceptors (Lipinski definition) is 3. The maximum absolute atomic E-state index is 5.83. The molecule has 1 fully saturated rings.